The number of thioether (sulfide) groups is 1. The van der Waals surface area contributed by atoms with Crippen LogP contribution >= 0.6 is 11.8 Å². The Labute approximate surface area is 139 Å². The van der Waals surface area contributed by atoms with Crippen LogP contribution in [-0.4, -0.2) is 33.5 Å². The molecule has 0 bridgehead atoms. The molecule has 0 fully saturated rings. The summed E-state index contributed by atoms with van der Waals surface area (Å²) in [6.07, 6.45) is 4.12. The first kappa shape index (κ1) is 15.7. The predicted molar refractivity (Wildman–Crippen MR) is 89.9 cm³/mol. The van der Waals surface area contributed by atoms with Crippen LogP contribution in [0.4, 0.5) is 5.69 Å². The zero-order valence-electron chi connectivity index (χ0n) is 13.0. The minimum Gasteiger partial charge on any atom is -0.312 e. The minimum absolute atomic E-state index is 0.0352. The Morgan fingerprint density at radius 1 is 1.26 bits per heavy atom. The minimum atomic E-state index is -0.263. The van der Waals surface area contributed by atoms with Gasteiger partial charge in [-0.25, -0.2) is 9.97 Å². The van der Waals surface area contributed by atoms with E-state index in [1.807, 2.05) is 19.1 Å². The molecule has 1 aliphatic heterocycles. The molecule has 0 radical (unpaired) electrons. The smallest absolute Gasteiger partial charge is 0.223 e. The van der Waals surface area contributed by atoms with Gasteiger partial charge in [0.05, 0.1) is 5.25 Å². The van der Waals surface area contributed by atoms with E-state index in [4.69, 9.17) is 0 Å². The van der Waals surface area contributed by atoms with Crippen LogP contribution in [0.2, 0.25) is 0 Å². The molecule has 3 rings (SSSR count). The number of fused-ring (bicyclic) bond motifs is 1. The molecule has 1 aromatic carbocycles. The summed E-state index contributed by atoms with van der Waals surface area (Å²) in [5.74, 6) is 0.0829. The number of hydrogen-bond acceptors (Lipinski definition) is 5. The average molecular weight is 327 g/mol. The largest absolute Gasteiger partial charge is 0.312 e. The van der Waals surface area contributed by atoms with Crippen LogP contribution in [0.25, 0.3) is 0 Å². The molecule has 1 amide bonds. The van der Waals surface area contributed by atoms with Crippen LogP contribution in [0.1, 0.15) is 29.8 Å². The van der Waals surface area contributed by atoms with Crippen molar-refractivity contribution in [2.24, 2.45) is 0 Å². The number of nitrogens with zero attached hydrogens (tertiary/aromatic N) is 3. The molecule has 6 heteroatoms. The number of hydrogen-bond donors (Lipinski definition) is 0. The quantitative estimate of drug-likeness (QED) is 0.491. The van der Waals surface area contributed by atoms with Crippen LogP contribution in [0.15, 0.2) is 41.8 Å². The highest BCUT2D eigenvalue weighted by Crippen LogP contribution is 2.30. The van der Waals surface area contributed by atoms with Crippen molar-refractivity contribution in [2.45, 2.75) is 30.7 Å². The SMILES string of the molecule is CC(=O)N1CCc2cc(C(=O)[C@@H](C)Sc3ncccn3)ccc21. The second-order valence-corrected chi connectivity index (χ2v) is 6.73. The van der Waals surface area contributed by atoms with E-state index in [-0.39, 0.29) is 16.9 Å². The summed E-state index contributed by atoms with van der Waals surface area (Å²) in [6, 6.07) is 7.32. The normalized spacial score (nSPS) is 14.4. The van der Waals surface area contributed by atoms with Gasteiger partial charge in [-0.2, -0.15) is 0 Å². The van der Waals surface area contributed by atoms with E-state index in [0.717, 1.165) is 17.7 Å². The zero-order valence-corrected chi connectivity index (χ0v) is 13.8. The first-order valence-corrected chi connectivity index (χ1v) is 8.33. The summed E-state index contributed by atoms with van der Waals surface area (Å²) in [5.41, 5.74) is 2.64. The van der Waals surface area contributed by atoms with Gasteiger partial charge in [-0.15, -0.1) is 0 Å². The number of Topliss-reactive ketones (excluding diaryl/α,β-unsaturated/α-hetero) is 1. The molecule has 1 atom stereocenters. The van der Waals surface area contributed by atoms with Gasteiger partial charge >= 0.3 is 0 Å². The van der Waals surface area contributed by atoms with E-state index >= 15 is 0 Å². The number of aromatic nitrogens is 2. The first-order chi connectivity index (χ1) is 11.1. The van der Waals surface area contributed by atoms with Crippen molar-refractivity contribution >= 4 is 29.1 Å². The molecule has 118 valence electrons. The molecule has 0 saturated carbocycles. The number of benzene rings is 1. The van der Waals surface area contributed by atoms with Crippen molar-refractivity contribution in [1.29, 1.82) is 0 Å². The molecular weight excluding hydrogens is 310 g/mol. The number of amides is 1. The second kappa shape index (κ2) is 6.50. The van der Waals surface area contributed by atoms with Crippen molar-refractivity contribution in [3.63, 3.8) is 0 Å². The maximum atomic E-state index is 12.6. The lowest BCUT2D eigenvalue weighted by Crippen LogP contribution is -2.25. The monoisotopic (exact) mass is 327 g/mol. The van der Waals surface area contributed by atoms with Crippen molar-refractivity contribution in [3.8, 4) is 0 Å². The van der Waals surface area contributed by atoms with Crippen LogP contribution in [0, 0.1) is 0 Å². The van der Waals surface area contributed by atoms with Gasteiger partial charge in [-0.3, -0.25) is 9.59 Å². The standard InChI is InChI=1S/C17H17N3O2S/c1-11(23-17-18-7-3-8-19-17)16(22)14-4-5-15-13(10-14)6-9-20(15)12(2)21/h3-5,7-8,10-11H,6,9H2,1-2H3/t11-/m1/s1. The first-order valence-electron chi connectivity index (χ1n) is 7.45. The van der Waals surface area contributed by atoms with Crippen molar-refractivity contribution in [1.82, 2.24) is 9.97 Å². The molecule has 0 aliphatic carbocycles. The van der Waals surface area contributed by atoms with Gasteiger partial charge in [0, 0.05) is 37.1 Å². The Kier molecular flexibility index (Phi) is 4.43. The topological polar surface area (TPSA) is 63.2 Å². The van der Waals surface area contributed by atoms with E-state index < -0.39 is 0 Å². The van der Waals surface area contributed by atoms with Gasteiger partial charge in [0.15, 0.2) is 10.9 Å². The van der Waals surface area contributed by atoms with Gasteiger partial charge < -0.3 is 4.90 Å². The lowest BCUT2D eigenvalue weighted by Gasteiger charge is -2.15. The van der Waals surface area contributed by atoms with Gasteiger partial charge in [-0.05, 0) is 43.2 Å². The van der Waals surface area contributed by atoms with E-state index in [2.05, 4.69) is 9.97 Å². The molecule has 1 aromatic heterocycles. The summed E-state index contributed by atoms with van der Waals surface area (Å²) in [7, 11) is 0. The van der Waals surface area contributed by atoms with Crippen LogP contribution in [0.5, 0.6) is 0 Å². The molecule has 23 heavy (non-hydrogen) atoms. The highest BCUT2D eigenvalue weighted by molar-refractivity contribution is 8.00. The Morgan fingerprint density at radius 2 is 2.00 bits per heavy atom. The van der Waals surface area contributed by atoms with Gasteiger partial charge in [0.2, 0.25) is 5.91 Å². The van der Waals surface area contributed by atoms with Gasteiger partial charge in [0.1, 0.15) is 0 Å². The zero-order chi connectivity index (χ0) is 16.4. The molecule has 0 spiro atoms. The summed E-state index contributed by atoms with van der Waals surface area (Å²) in [5, 5.41) is 0.332. The van der Waals surface area contributed by atoms with E-state index in [9.17, 15) is 9.59 Å². The average Bonchev–Trinajstić information content (AvgIpc) is 2.98. The lowest BCUT2D eigenvalue weighted by molar-refractivity contribution is -0.116. The number of carbonyl (C=O) groups is 2. The summed E-state index contributed by atoms with van der Waals surface area (Å²) < 4.78 is 0. The Hall–Kier alpha value is -2.21. The molecule has 0 saturated heterocycles. The van der Waals surface area contributed by atoms with Crippen LogP contribution < -0.4 is 4.90 Å². The third kappa shape index (κ3) is 3.27. The third-order valence-corrected chi connectivity index (χ3v) is 4.82. The van der Waals surface area contributed by atoms with Crippen molar-refractivity contribution in [3.05, 3.63) is 47.8 Å². The van der Waals surface area contributed by atoms with Crippen LogP contribution in [0.3, 0.4) is 0 Å². The fraction of sp³-hybridized carbons (Fsp3) is 0.294. The molecule has 2 aromatic rings. The van der Waals surface area contributed by atoms with E-state index in [0.29, 0.717) is 17.3 Å². The Morgan fingerprint density at radius 3 is 2.70 bits per heavy atom. The summed E-state index contributed by atoms with van der Waals surface area (Å²) in [4.78, 5) is 34.2. The lowest BCUT2D eigenvalue weighted by atomic mass is 10.0. The number of rotatable bonds is 4. The molecule has 0 N–H and O–H groups in total. The molecular formula is C17H17N3O2S. The van der Waals surface area contributed by atoms with Gasteiger partial charge in [-0.1, -0.05) is 11.8 Å². The molecule has 2 heterocycles. The maximum absolute atomic E-state index is 12.6. The summed E-state index contributed by atoms with van der Waals surface area (Å²) >= 11 is 1.35. The fourth-order valence-electron chi connectivity index (χ4n) is 2.67. The molecule has 0 unspecified atom stereocenters. The Balaban J connectivity index is 1.77. The number of anilines is 1. The number of carbonyl (C=O) groups excluding carboxylic acids is 2. The third-order valence-electron chi connectivity index (χ3n) is 3.83. The van der Waals surface area contributed by atoms with E-state index in [1.165, 1.54) is 11.8 Å². The second-order valence-electron chi connectivity index (χ2n) is 5.42. The Bertz CT molecular complexity index is 749. The molecule has 5 nitrogen and oxygen atoms in total. The molecule has 1 aliphatic rings. The predicted octanol–water partition coefficient (Wildman–Crippen LogP) is 2.75. The van der Waals surface area contributed by atoms with Crippen molar-refractivity contribution < 1.29 is 9.59 Å². The number of ketones is 1. The summed E-state index contributed by atoms with van der Waals surface area (Å²) in [6.45, 7) is 4.11. The highest BCUT2D eigenvalue weighted by Gasteiger charge is 2.24. The van der Waals surface area contributed by atoms with Crippen LogP contribution in [-0.2, 0) is 11.2 Å². The maximum Gasteiger partial charge on any atom is 0.223 e. The fourth-order valence-corrected chi connectivity index (χ4v) is 3.48. The van der Waals surface area contributed by atoms with E-state index in [1.54, 1.807) is 36.4 Å². The highest BCUT2D eigenvalue weighted by atomic mass is 32.2. The van der Waals surface area contributed by atoms with Gasteiger partial charge in [0.25, 0.3) is 0 Å². The van der Waals surface area contributed by atoms with Crippen molar-refractivity contribution in [2.75, 3.05) is 11.4 Å².